The van der Waals surface area contributed by atoms with Crippen molar-refractivity contribution in [2.24, 2.45) is 0 Å². The van der Waals surface area contributed by atoms with E-state index in [9.17, 15) is 4.79 Å². The summed E-state index contributed by atoms with van der Waals surface area (Å²) >= 11 is 0. The molecule has 0 spiro atoms. The highest BCUT2D eigenvalue weighted by Gasteiger charge is 2.11. The van der Waals surface area contributed by atoms with Gasteiger partial charge in [0.25, 0.3) is 0 Å². The van der Waals surface area contributed by atoms with Crippen molar-refractivity contribution in [1.82, 2.24) is 0 Å². The minimum atomic E-state index is -1.06. The first-order chi connectivity index (χ1) is 9.20. The number of aromatic carboxylic acids is 1. The predicted octanol–water partition coefficient (Wildman–Crippen LogP) is 3.32. The Morgan fingerprint density at radius 2 is 1.74 bits per heavy atom. The number of para-hydroxylation sites is 1. The van der Waals surface area contributed by atoms with Crippen LogP contribution in [0.15, 0.2) is 48.5 Å². The van der Waals surface area contributed by atoms with Crippen molar-refractivity contribution in [3.05, 3.63) is 59.7 Å². The van der Waals surface area contributed by atoms with Gasteiger partial charge in [0, 0.05) is 0 Å². The van der Waals surface area contributed by atoms with Crippen molar-refractivity contribution in [2.75, 3.05) is 0 Å². The average Bonchev–Trinajstić information content (AvgIpc) is 2.46. The fourth-order valence-corrected chi connectivity index (χ4v) is 1.59. The second kappa shape index (κ2) is 5.91. The lowest BCUT2D eigenvalue weighted by atomic mass is 10.2. The zero-order chi connectivity index (χ0) is 13.7. The molecule has 0 aliphatic heterocycles. The van der Waals surface area contributed by atoms with Crippen molar-refractivity contribution in [2.45, 2.75) is 13.3 Å². The Hall–Kier alpha value is -2.49. The van der Waals surface area contributed by atoms with Gasteiger partial charge in [-0.1, -0.05) is 31.2 Å². The molecule has 0 aromatic heterocycles. The third-order valence-electron chi connectivity index (χ3n) is 2.68. The maximum absolute atomic E-state index is 11.0. The highest BCUT2D eigenvalue weighted by Crippen LogP contribution is 2.20. The SMILES string of the molecule is CCc1ccc(OOc2ccccc2C(=O)O)cc1. The summed E-state index contributed by atoms with van der Waals surface area (Å²) in [6.45, 7) is 2.06. The highest BCUT2D eigenvalue weighted by molar-refractivity contribution is 5.90. The van der Waals surface area contributed by atoms with Crippen LogP contribution in [0.4, 0.5) is 0 Å². The zero-order valence-electron chi connectivity index (χ0n) is 10.5. The predicted molar refractivity (Wildman–Crippen MR) is 70.5 cm³/mol. The van der Waals surface area contributed by atoms with Gasteiger partial charge in [-0.15, -0.1) is 0 Å². The number of benzene rings is 2. The van der Waals surface area contributed by atoms with Crippen LogP contribution >= 0.6 is 0 Å². The molecule has 0 aliphatic rings. The lowest BCUT2D eigenvalue weighted by Gasteiger charge is -2.08. The minimum absolute atomic E-state index is 0.0627. The summed E-state index contributed by atoms with van der Waals surface area (Å²) in [5, 5.41) is 9.00. The molecule has 2 aromatic rings. The van der Waals surface area contributed by atoms with E-state index >= 15 is 0 Å². The summed E-state index contributed by atoms with van der Waals surface area (Å²) in [5.74, 6) is -0.354. The van der Waals surface area contributed by atoms with Crippen LogP contribution in [0.3, 0.4) is 0 Å². The van der Waals surface area contributed by atoms with E-state index in [0.717, 1.165) is 6.42 Å². The fraction of sp³-hybridized carbons (Fsp3) is 0.133. The van der Waals surface area contributed by atoms with Gasteiger partial charge in [-0.25, -0.2) is 4.79 Å². The second-order valence-electron chi connectivity index (χ2n) is 3.97. The van der Waals surface area contributed by atoms with Gasteiger partial charge in [-0.05, 0) is 36.2 Å². The van der Waals surface area contributed by atoms with E-state index in [1.807, 2.05) is 12.1 Å². The average molecular weight is 258 g/mol. The maximum Gasteiger partial charge on any atom is 0.339 e. The number of carboxylic acid groups (broad SMARTS) is 1. The molecule has 2 aromatic carbocycles. The smallest absolute Gasteiger partial charge is 0.339 e. The van der Waals surface area contributed by atoms with Gasteiger partial charge in [0.05, 0.1) is 0 Å². The molecule has 1 N–H and O–H groups in total. The molecule has 0 fully saturated rings. The largest absolute Gasteiger partial charge is 0.478 e. The van der Waals surface area contributed by atoms with Crippen molar-refractivity contribution in [3.8, 4) is 11.5 Å². The second-order valence-corrected chi connectivity index (χ2v) is 3.97. The summed E-state index contributed by atoms with van der Waals surface area (Å²) in [6, 6.07) is 13.7. The number of carbonyl (C=O) groups is 1. The first kappa shape index (κ1) is 13.0. The number of aryl methyl sites for hydroxylation is 1. The van der Waals surface area contributed by atoms with E-state index in [0.29, 0.717) is 5.75 Å². The van der Waals surface area contributed by atoms with E-state index in [1.54, 1.807) is 30.3 Å². The molecule has 0 atom stereocenters. The van der Waals surface area contributed by atoms with Crippen LogP contribution in [0.25, 0.3) is 0 Å². The van der Waals surface area contributed by atoms with Gasteiger partial charge in [0.1, 0.15) is 5.56 Å². The molecular weight excluding hydrogens is 244 g/mol. The summed E-state index contributed by atoms with van der Waals surface area (Å²) in [5.41, 5.74) is 1.26. The van der Waals surface area contributed by atoms with Crippen LogP contribution in [0, 0.1) is 0 Å². The number of hydrogen-bond acceptors (Lipinski definition) is 3. The van der Waals surface area contributed by atoms with Crippen molar-refractivity contribution in [3.63, 3.8) is 0 Å². The Labute approximate surface area is 111 Å². The Kier molecular flexibility index (Phi) is 4.03. The Balaban J connectivity index is 2.07. The van der Waals surface area contributed by atoms with E-state index in [-0.39, 0.29) is 11.3 Å². The van der Waals surface area contributed by atoms with Crippen LogP contribution in [-0.4, -0.2) is 11.1 Å². The third-order valence-corrected chi connectivity index (χ3v) is 2.68. The van der Waals surface area contributed by atoms with Gasteiger partial charge in [0.2, 0.25) is 0 Å². The molecule has 4 nitrogen and oxygen atoms in total. The standard InChI is InChI=1S/C15H14O4/c1-2-11-7-9-12(10-8-11)18-19-14-6-4-3-5-13(14)15(16)17/h3-10H,2H2,1H3,(H,16,17). The van der Waals surface area contributed by atoms with Crippen LogP contribution in [-0.2, 0) is 6.42 Å². The van der Waals surface area contributed by atoms with E-state index < -0.39 is 5.97 Å². The molecule has 4 heteroatoms. The van der Waals surface area contributed by atoms with E-state index in [1.165, 1.54) is 11.6 Å². The van der Waals surface area contributed by atoms with E-state index in [4.69, 9.17) is 14.9 Å². The molecule has 2 rings (SSSR count). The summed E-state index contributed by atoms with van der Waals surface area (Å²) in [4.78, 5) is 21.2. The lowest BCUT2D eigenvalue weighted by molar-refractivity contribution is -0.101. The van der Waals surface area contributed by atoms with Gasteiger partial charge in [-0.3, -0.25) is 9.78 Å². The van der Waals surface area contributed by atoms with Crippen LogP contribution in [0.2, 0.25) is 0 Å². The van der Waals surface area contributed by atoms with E-state index in [2.05, 4.69) is 6.92 Å². The van der Waals surface area contributed by atoms with Gasteiger partial charge in [0.15, 0.2) is 11.5 Å². The molecule has 0 saturated heterocycles. The van der Waals surface area contributed by atoms with Gasteiger partial charge < -0.3 is 5.11 Å². The van der Waals surface area contributed by atoms with Crippen molar-refractivity contribution in [1.29, 1.82) is 0 Å². The Morgan fingerprint density at radius 1 is 1.05 bits per heavy atom. The monoisotopic (exact) mass is 258 g/mol. The summed E-state index contributed by atoms with van der Waals surface area (Å²) in [6.07, 6.45) is 0.947. The highest BCUT2D eigenvalue weighted by atomic mass is 17.2. The summed E-state index contributed by atoms with van der Waals surface area (Å²) in [7, 11) is 0. The molecular formula is C15H14O4. The first-order valence-electron chi connectivity index (χ1n) is 5.96. The molecule has 0 saturated carbocycles. The third kappa shape index (κ3) is 3.25. The van der Waals surface area contributed by atoms with Crippen molar-refractivity contribution < 1.29 is 19.7 Å². The maximum atomic E-state index is 11.0. The number of hydrogen-bond donors (Lipinski definition) is 1. The fourth-order valence-electron chi connectivity index (χ4n) is 1.59. The molecule has 19 heavy (non-hydrogen) atoms. The van der Waals surface area contributed by atoms with Crippen molar-refractivity contribution >= 4 is 5.97 Å². The van der Waals surface area contributed by atoms with Gasteiger partial charge in [-0.2, -0.15) is 0 Å². The van der Waals surface area contributed by atoms with Crippen LogP contribution in [0.1, 0.15) is 22.8 Å². The Morgan fingerprint density at radius 3 is 2.37 bits per heavy atom. The normalized spacial score (nSPS) is 9.95. The van der Waals surface area contributed by atoms with Crippen LogP contribution < -0.4 is 9.78 Å². The topological polar surface area (TPSA) is 55.8 Å². The molecule has 98 valence electrons. The quantitative estimate of drug-likeness (QED) is 0.660. The molecule has 0 bridgehead atoms. The molecule has 0 unspecified atom stereocenters. The first-order valence-corrected chi connectivity index (χ1v) is 5.96. The zero-order valence-corrected chi connectivity index (χ0v) is 10.5. The molecule has 0 aliphatic carbocycles. The molecule has 0 amide bonds. The molecule has 0 radical (unpaired) electrons. The van der Waals surface area contributed by atoms with Gasteiger partial charge >= 0.3 is 5.97 Å². The minimum Gasteiger partial charge on any atom is -0.478 e. The van der Waals surface area contributed by atoms with Crippen LogP contribution in [0.5, 0.6) is 11.5 Å². The lowest BCUT2D eigenvalue weighted by Crippen LogP contribution is -2.06. The number of carboxylic acids is 1. The summed E-state index contributed by atoms with van der Waals surface area (Å²) < 4.78 is 0. The molecule has 0 heterocycles. The number of rotatable bonds is 5. The Bertz CT molecular complexity index is 561.